The Balaban J connectivity index is 1.55. The van der Waals surface area contributed by atoms with Crippen LogP contribution in [0.1, 0.15) is 52.8 Å². The molecule has 3 heterocycles. The lowest BCUT2D eigenvalue weighted by molar-refractivity contribution is 0.00578. The number of benzene rings is 2. The molecule has 0 unspecified atom stereocenters. The van der Waals surface area contributed by atoms with E-state index in [1.807, 2.05) is 0 Å². The van der Waals surface area contributed by atoms with Gasteiger partial charge < -0.3 is 13.9 Å². The first-order valence-electron chi connectivity index (χ1n) is 10.7. The van der Waals surface area contributed by atoms with E-state index >= 15 is 0 Å². The van der Waals surface area contributed by atoms with Crippen LogP contribution in [0, 0.1) is 0 Å². The zero-order valence-electron chi connectivity index (χ0n) is 17.7. The molecule has 2 aliphatic rings. The highest BCUT2D eigenvalue weighted by molar-refractivity contribution is 6.65. The van der Waals surface area contributed by atoms with Crippen molar-refractivity contribution in [3.63, 3.8) is 0 Å². The summed E-state index contributed by atoms with van der Waals surface area (Å²) in [5, 5.41) is 11.3. The first-order valence-corrected chi connectivity index (χ1v) is 10.7. The third-order valence-corrected chi connectivity index (χ3v) is 6.79. The number of hydrogen-bond acceptors (Lipinski definition) is 4. The van der Waals surface area contributed by atoms with Gasteiger partial charge in [-0.1, -0.05) is 36.8 Å². The lowest BCUT2D eigenvalue weighted by atomic mass is 9.76. The standard InChI is InChI=1S/C23H28BN3O2/c1-22(2)23(3,4)29-24(28-22)19-10-8-9-16-15-17(12-13-18(16)19)21-26-25-20-11-6-5-7-14-27(20)21/h8-10,12-13,15H,5-7,11,14H2,1-4H3. The Morgan fingerprint density at radius 3 is 2.52 bits per heavy atom. The van der Waals surface area contributed by atoms with E-state index < -0.39 is 0 Å². The summed E-state index contributed by atoms with van der Waals surface area (Å²) >= 11 is 0. The fourth-order valence-electron chi connectivity index (χ4n) is 4.32. The Bertz CT molecular complexity index is 1060. The summed E-state index contributed by atoms with van der Waals surface area (Å²) in [7, 11) is -0.362. The van der Waals surface area contributed by atoms with Gasteiger partial charge in [0.2, 0.25) is 0 Å². The van der Waals surface area contributed by atoms with Gasteiger partial charge in [-0.15, -0.1) is 10.2 Å². The van der Waals surface area contributed by atoms with Crippen LogP contribution in [0.2, 0.25) is 0 Å². The molecule has 5 rings (SSSR count). The van der Waals surface area contributed by atoms with Crippen molar-refractivity contribution >= 4 is 23.4 Å². The molecule has 0 amide bonds. The van der Waals surface area contributed by atoms with Crippen LogP contribution in [0.3, 0.4) is 0 Å². The van der Waals surface area contributed by atoms with E-state index in [0.29, 0.717) is 0 Å². The molecule has 5 nitrogen and oxygen atoms in total. The van der Waals surface area contributed by atoms with E-state index in [1.54, 1.807) is 0 Å². The minimum absolute atomic E-state index is 0.348. The second-order valence-corrected chi connectivity index (χ2v) is 9.27. The van der Waals surface area contributed by atoms with Gasteiger partial charge in [0.1, 0.15) is 5.82 Å². The van der Waals surface area contributed by atoms with Crippen molar-refractivity contribution in [2.75, 3.05) is 0 Å². The molecule has 29 heavy (non-hydrogen) atoms. The van der Waals surface area contributed by atoms with Crippen molar-refractivity contribution in [3.8, 4) is 11.4 Å². The quantitative estimate of drug-likeness (QED) is 0.619. The first kappa shape index (κ1) is 18.8. The molecule has 1 saturated heterocycles. The fourth-order valence-corrected chi connectivity index (χ4v) is 4.32. The maximum atomic E-state index is 6.30. The van der Waals surface area contributed by atoms with E-state index in [0.717, 1.165) is 41.0 Å². The molecule has 2 aliphatic heterocycles. The Labute approximate surface area is 172 Å². The zero-order valence-corrected chi connectivity index (χ0v) is 17.7. The molecule has 0 atom stereocenters. The average Bonchev–Trinajstić information content (AvgIpc) is 3.07. The van der Waals surface area contributed by atoms with Crippen LogP contribution in [0.25, 0.3) is 22.2 Å². The normalized spacial score (nSPS) is 20.6. The van der Waals surface area contributed by atoms with Crippen LogP contribution >= 0.6 is 0 Å². The topological polar surface area (TPSA) is 49.2 Å². The average molecular weight is 389 g/mol. The van der Waals surface area contributed by atoms with Crippen molar-refractivity contribution in [1.29, 1.82) is 0 Å². The third-order valence-electron chi connectivity index (χ3n) is 6.79. The summed E-state index contributed by atoms with van der Waals surface area (Å²) in [6.07, 6.45) is 4.68. The van der Waals surface area contributed by atoms with E-state index in [-0.39, 0.29) is 18.3 Å². The highest BCUT2D eigenvalue weighted by Crippen LogP contribution is 2.37. The monoisotopic (exact) mass is 389 g/mol. The lowest BCUT2D eigenvalue weighted by Crippen LogP contribution is -2.41. The Morgan fingerprint density at radius 2 is 1.72 bits per heavy atom. The Hall–Kier alpha value is -2.18. The molecule has 1 aromatic heterocycles. The largest absolute Gasteiger partial charge is 0.495 e. The van der Waals surface area contributed by atoms with Crippen molar-refractivity contribution < 1.29 is 9.31 Å². The first-order chi connectivity index (χ1) is 13.9. The smallest absolute Gasteiger partial charge is 0.399 e. The van der Waals surface area contributed by atoms with E-state index in [1.165, 1.54) is 24.6 Å². The van der Waals surface area contributed by atoms with Crippen LogP contribution in [-0.4, -0.2) is 33.1 Å². The highest BCUT2D eigenvalue weighted by atomic mass is 16.7. The Morgan fingerprint density at radius 1 is 0.931 bits per heavy atom. The van der Waals surface area contributed by atoms with E-state index in [4.69, 9.17) is 9.31 Å². The zero-order chi connectivity index (χ0) is 20.2. The van der Waals surface area contributed by atoms with Gasteiger partial charge in [-0.05, 0) is 62.8 Å². The highest BCUT2D eigenvalue weighted by Gasteiger charge is 2.52. The van der Waals surface area contributed by atoms with Crippen LogP contribution < -0.4 is 5.46 Å². The molecule has 6 heteroatoms. The summed E-state index contributed by atoms with van der Waals surface area (Å²) in [6, 6.07) is 12.9. The molecule has 0 N–H and O–H groups in total. The van der Waals surface area contributed by atoms with Gasteiger partial charge in [-0.3, -0.25) is 0 Å². The van der Waals surface area contributed by atoms with Crippen LogP contribution in [-0.2, 0) is 22.3 Å². The van der Waals surface area contributed by atoms with Gasteiger partial charge in [-0.25, -0.2) is 0 Å². The van der Waals surface area contributed by atoms with Crippen molar-refractivity contribution in [3.05, 3.63) is 42.2 Å². The molecule has 0 spiro atoms. The molecule has 0 bridgehead atoms. The molecule has 0 saturated carbocycles. The number of nitrogens with zero attached hydrogens (tertiary/aromatic N) is 3. The summed E-state index contributed by atoms with van der Waals surface area (Å²) in [4.78, 5) is 0. The maximum absolute atomic E-state index is 6.30. The van der Waals surface area contributed by atoms with Gasteiger partial charge in [0, 0.05) is 18.5 Å². The van der Waals surface area contributed by atoms with E-state index in [2.05, 4.69) is 78.9 Å². The second kappa shape index (κ2) is 6.68. The van der Waals surface area contributed by atoms with Crippen LogP contribution in [0.15, 0.2) is 36.4 Å². The Kier molecular flexibility index (Phi) is 4.33. The molecule has 0 aliphatic carbocycles. The van der Waals surface area contributed by atoms with Gasteiger partial charge in [0.25, 0.3) is 0 Å². The van der Waals surface area contributed by atoms with Gasteiger partial charge in [0.15, 0.2) is 5.82 Å². The summed E-state index contributed by atoms with van der Waals surface area (Å²) < 4.78 is 14.9. The number of hydrogen-bond donors (Lipinski definition) is 0. The summed E-state index contributed by atoms with van der Waals surface area (Å²) in [5.41, 5.74) is 1.49. The van der Waals surface area contributed by atoms with Gasteiger partial charge in [-0.2, -0.15) is 0 Å². The number of aryl methyl sites for hydroxylation is 1. The van der Waals surface area contributed by atoms with Crippen LogP contribution in [0.5, 0.6) is 0 Å². The van der Waals surface area contributed by atoms with Crippen LogP contribution in [0.4, 0.5) is 0 Å². The van der Waals surface area contributed by atoms with Gasteiger partial charge >= 0.3 is 7.12 Å². The van der Waals surface area contributed by atoms with Crippen molar-refractivity contribution in [2.24, 2.45) is 0 Å². The predicted molar refractivity (Wildman–Crippen MR) is 116 cm³/mol. The molecular weight excluding hydrogens is 361 g/mol. The molecule has 150 valence electrons. The second-order valence-electron chi connectivity index (χ2n) is 9.27. The molecule has 3 aromatic rings. The third kappa shape index (κ3) is 3.09. The maximum Gasteiger partial charge on any atom is 0.495 e. The minimum Gasteiger partial charge on any atom is -0.399 e. The summed E-state index contributed by atoms with van der Waals surface area (Å²) in [6.45, 7) is 9.37. The molecule has 2 aromatic carbocycles. The van der Waals surface area contributed by atoms with Gasteiger partial charge in [0.05, 0.1) is 11.2 Å². The fraction of sp³-hybridized carbons (Fsp3) is 0.478. The predicted octanol–water partition coefficient (Wildman–Crippen LogP) is 4.12. The SMILES string of the molecule is CC1(C)OB(c2cccc3cc(-c4nnc5n4CCCCC5)ccc23)OC1(C)C. The number of rotatable bonds is 2. The lowest BCUT2D eigenvalue weighted by Gasteiger charge is -2.32. The van der Waals surface area contributed by atoms with Crippen molar-refractivity contribution in [1.82, 2.24) is 14.8 Å². The summed E-state index contributed by atoms with van der Waals surface area (Å²) in [5.74, 6) is 2.09. The molecular formula is C23H28BN3O2. The molecule has 1 fully saturated rings. The van der Waals surface area contributed by atoms with E-state index in [9.17, 15) is 0 Å². The molecule has 0 radical (unpaired) electrons. The number of aromatic nitrogens is 3. The minimum atomic E-state index is -0.362. The number of fused-ring (bicyclic) bond motifs is 2. The van der Waals surface area contributed by atoms with Crippen molar-refractivity contribution in [2.45, 2.75) is 71.1 Å².